The molecular formula is C14H21N5O. The Morgan fingerprint density at radius 3 is 2.85 bits per heavy atom. The van der Waals surface area contributed by atoms with E-state index in [-0.39, 0.29) is 18.0 Å². The van der Waals surface area contributed by atoms with Crippen LogP contribution in [0.25, 0.3) is 0 Å². The maximum absolute atomic E-state index is 12.0. The number of hydrogen-bond donors (Lipinski definition) is 3. The van der Waals surface area contributed by atoms with Crippen LogP contribution in [0.15, 0.2) is 24.4 Å². The first-order valence-corrected chi connectivity index (χ1v) is 6.99. The number of aromatic nitrogens is 1. The van der Waals surface area contributed by atoms with Crippen LogP contribution in [-0.4, -0.2) is 34.5 Å². The molecule has 2 amide bonds. The summed E-state index contributed by atoms with van der Waals surface area (Å²) in [5.41, 5.74) is 6.47. The highest BCUT2D eigenvalue weighted by Crippen LogP contribution is 2.18. The summed E-state index contributed by atoms with van der Waals surface area (Å²) in [6.45, 7) is 0.435. The van der Waals surface area contributed by atoms with Gasteiger partial charge in [-0.3, -0.25) is 15.3 Å². The second-order valence-corrected chi connectivity index (χ2v) is 5.04. The molecule has 0 aromatic carbocycles. The van der Waals surface area contributed by atoms with Crippen LogP contribution >= 0.6 is 0 Å². The van der Waals surface area contributed by atoms with Gasteiger partial charge in [-0.15, -0.1) is 0 Å². The largest absolute Gasteiger partial charge is 0.370 e. The number of nitrogens with zero attached hydrogens (tertiary/aromatic N) is 2. The molecule has 0 saturated heterocycles. The van der Waals surface area contributed by atoms with Crippen molar-refractivity contribution in [1.29, 1.82) is 5.41 Å². The van der Waals surface area contributed by atoms with E-state index >= 15 is 0 Å². The lowest BCUT2D eigenvalue weighted by Gasteiger charge is -2.29. The molecule has 108 valence electrons. The van der Waals surface area contributed by atoms with Gasteiger partial charge in [-0.25, -0.2) is 4.79 Å². The molecule has 1 heterocycles. The number of carbonyl (C=O) groups excluding carboxylic acids is 1. The van der Waals surface area contributed by atoms with Gasteiger partial charge >= 0.3 is 6.03 Å². The van der Waals surface area contributed by atoms with E-state index in [0.717, 1.165) is 37.8 Å². The van der Waals surface area contributed by atoms with Gasteiger partial charge in [0, 0.05) is 24.5 Å². The van der Waals surface area contributed by atoms with Gasteiger partial charge in [0.1, 0.15) is 0 Å². The van der Waals surface area contributed by atoms with Crippen LogP contribution in [0.4, 0.5) is 4.79 Å². The summed E-state index contributed by atoms with van der Waals surface area (Å²) in [5, 5.41) is 10.4. The van der Waals surface area contributed by atoms with E-state index in [9.17, 15) is 4.79 Å². The SMILES string of the molecule is N=C(N)N(CCCc1ccccn1)C(=O)NC1CCC1. The van der Waals surface area contributed by atoms with Crippen molar-refractivity contribution in [2.24, 2.45) is 5.73 Å². The normalized spacial score (nSPS) is 14.4. The lowest BCUT2D eigenvalue weighted by atomic mass is 9.93. The van der Waals surface area contributed by atoms with Crippen molar-refractivity contribution >= 4 is 12.0 Å². The Balaban J connectivity index is 1.79. The maximum atomic E-state index is 12.0. The van der Waals surface area contributed by atoms with Crippen LogP contribution in [0.5, 0.6) is 0 Å². The first kappa shape index (κ1) is 14.3. The molecule has 4 N–H and O–H groups in total. The van der Waals surface area contributed by atoms with Gasteiger partial charge in [-0.05, 0) is 44.2 Å². The van der Waals surface area contributed by atoms with Crippen molar-refractivity contribution in [2.45, 2.75) is 38.1 Å². The van der Waals surface area contributed by atoms with Crippen molar-refractivity contribution in [3.05, 3.63) is 30.1 Å². The highest BCUT2D eigenvalue weighted by Gasteiger charge is 2.23. The summed E-state index contributed by atoms with van der Waals surface area (Å²) >= 11 is 0. The molecule has 0 unspecified atom stereocenters. The van der Waals surface area contributed by atoms with E-state index in [0.29, 0.717) is 6.54 Å². The van der Waals surface area contributed by atoms with E-state index < -0.39 is 0 Å². The molecular weight excluding hydrogens is 254 g/mol. The summed E-state index contributed by atoms with van der Waals surface area (Å²) in [7, 11) is 0. The number of urea groups is 1. The Morgan fingerprint density at radius 2 is 2.30 bits per heavy atom. The lowest BCUT2D eigenvalue weighted by Crippen LogP contribution is -2.51. The van der Waals surface area contributed by atoms with Crippen molar-refractivity contribution in [2.75, 3.05) is 6.54 Å². The molecule has 2 rings (SSSR count). The maximum Gasteiger partial charge on any atom is 0.324 e. The molecule has 1 aromatic heterocycles. The van der Waals surface area contributed by atoms with Crippen LogP contribution in [0.3, 0.4) is 0 Å². The van der Waals surface area contributed by atoms with E-state index in [2.05, 4.69) is 10.3 Å². The minimum absolute atomic E-state index is 0.206. The van der Waals surface area contributed by atoms with Gasteiger partial charge in [0.15, 0.2) is 5.96 Å². The number of amides is 2. The number of nitrogens with one attached hydrogen (secondary N) is 2. The van der Waals surface area contributed by atoms with Crippen LogP contribution in [0.1, 0.15) is 31.4 Å². The fourth-order valence-corrected chi connectivity index (χ4v) is 2.10. The average molecular weight is 275 g/mol. The molecule has 0 aliphatic heterocycles. The first-order chi connectivity index (χ1) is 9.66. The zero-order chi connectivity index (χ0) is 14.4. The van der Waals surface area contributed by atoms with Crippen molar-refractivity contribution < 1.29 is 4.79 Å². The third kappa shape index (κ3) is 3.94. The van der Waals surface area contributed by atoms with Crippen LogP contribution in [-0.2, 0) is 6.42 Å². The Bertz CT molecular complexity index is 458. The van der Waals surface area contributed by atoms with Crippen molar-refractivity contribution in [1.82, 2.24) is 15.2 Å². The molecule has 0 spiro atoms. The zero-order valence-corrected chi connectivity index (χ0v) is 11.5. The topological polar surface area (TPSA) is 95.1 Å². The van der Waals surface area contributed by atoms with Gasteiger partial charge in [-0.2, -0.15) is 0 Å². The fourth-order valence-electron chi connectivity index (χ4n) is 2.10. The Morgan fingerprint density at radius 1 is 1.50 bits per heavy atom. The molecule has 1 aliphatic rings. The summed E-state index contributed by atoms with van der Waals surface area (Å²) < 4.78 is 0. The first-order valence-electron chi connectivity index (χ1n) is 6.99. The summed E-state index contributed by atoms with van der Waals surface area (Å²) in [4.78, 5) is 17.5. The highest BCUT2D eigenvalue weighted by molar-refractivity contribution is 5.94. The fraction of sp³-hybridized carbons (Fsp3) is 0.500. The molecule has 0 radical (unpaired) electrons. The molecule has 6 nitrogen and oxygen atoms in total. The number of aryl methyl sites for hydroxylation is 1. The number of pyridine rings is 1. The number of nitrogens with two attached hydrogens (primary N) is 1. The molecule has 6 heteroatoms. The predicted molar refractivity (Wildman–Crippen MR) is 77.3 cm³/mol. The molecule has 1 fully saturated rings. The van der Waals surface area contributed by atoms with Gasteiger partial charge < -0.3 is 11.1 Å². The van der Waals surface area contributed by atoms with E-state index in [1.807, 2.05) is 18.2 Å². The highest BCUT2D eigenvalue weighted by atomic mass is 16.2. The summed E-state index contributed by atoms with van der Waals surface area (Å²) in [6.07, 6.45) is 6.44. The molecule has 0 bridgehead atoms. The zero-order valence-electron chi connectivity index (χ0n) is 11.5. The van der Waals surface area contributed by atoms with Crippen LogP contribution in [0, 0.1) is 5.41 Å². The third-order valence-electron chi connectivity index (χ3n) is 3.51. The number of rotatable bonds is 5. The van der Waals surface area contributed by atoms with Crippen LogP contribution in [0.2, 0.25) is 0 Å². The minimum atomic E-state index is -0.261. The lowest BCUT2D eigenvalue weighted by molar-refractivity contribution is 0.207. The Kier molecular flexibility index (Phi) is 4.92. The van der Waals surface area contributed by atoms with E-state index in [4.69, 9.17) is 11.1 Å². The number of hydrogen-bond acceptors (Lipinski definition) is 3. The smallest absolute Gasteiger partial charge is 0.324 e. The number of carbonyl (C=O) groups is 1. The summed E-state index contributed by atoms with van der Waals surface area (Å²) in [6, 6.07) is 5.75. The molecule has 0 atom stereocenters. The van der Waals surface area contributed by atoms with Gasteiger partial charge in [0.25, 0.3) is 0 Å². The van der Waals surface area contributed by atoms with Gasteiger partial charge in [0.2, 0.25) is 0 Å². The predicted octanol–water partition coefficient (Wildman–Crippen LogP) is 1.47. The van der Waals surface area contributed by atoms with Gasteiger partial charge in [-0.1, -0.05) is 6.07 Å². The number of guanidine groups is 1. The third-order valence-corrected chi connectivity index (χ3v) is 3.51. The molecule has 20 heavy (non-hydrogen) atoms. The Hall–Kier alpha value is -2.11. The van der Waals surface area contributed by atoms with Gasteiger partial charge in [0.05, 0.1) is 0 Å². The second kappa shape index (κ2) is 6.88. The van der Waals surface area contributed by atoms with Crippen molar-refractivity contribution in [3.63, 3.8) is 0 Å². The van der Waals surface area contributed by atoms with E-state index in [1.165, 1.54) is 4.90 Å². The van der Waals surface area contributed by atoms with E-state index in [1.54, 1.807) is 6.20 Å². The van der Waals surface area contributed by atoms with Crippen molar-refractivity contribution in [3.8, 4) is 0 Å². The molecule has 1 aliphatic carbocycles. The summed E-state index contributed by atoms with van der Waals surface area (Å²) in [5.74, 6) is -0.206. The standard InChI is InChI=1S/C14H21N5O/c15-13(16)19(14(20)18-12-6-3-7-12)10-4-8-11-5-1-2-9-17-11/h1-2,5,9,12H,3-4,6-8,10H2,(H3,15,16)(H,18,20). The molecule has 1 saturated carbocycles. The monoisotopic (exact) mass is 275 g/mol. The quantitative estimate of drug-likeness (QED) is 0.561. The Labute approximate surface area is 118 Å². The molecule has 1 aromatic rings. The minimum Gasteiger partial charge on any atom is -0.370 e. The second-order valence-electron chi connectivity index (χ2n) is 5.04. The van der Waals surface area contributed by atoms with Crippen LogP contribution < -0.4 is 11.1 Å². The average Bonchev–Trinajstić information content (AvgIpc) is 2.39.